The smallest absolute Gasteiger partial charge is 0.313 e. The number of amides is 1. The molecule has 0 saturated heterocycles. The molecule has 3 heterocycles. The Morgan fingerprint density at radius 3 is 2.64 bits per heavy atom. The van der Waals surface area contributed by atoms with Crippen LogP contribution in [-0.4, -0.2) is 30.3 Å². The maximum absolute atomic E-state index is 13.5. The third-order valence-electron chi connectivity index (χ3n) is 4.20. The van der Waals surface area contributed by atoms with Gasteiger partial charge in [0.25, 0.3) is 0 Å². The third-order valence-corrected chi connectivity index (χ3v) is 4.20. The van der Waals surface area contributed by atoms with Crippen molar-refractivity contribution in [3.05, 3.63) is 66.4 Å². The molecule has 28 heavy (non-hydrogen) atoms. The van der Waals surface area contributed by atoms with Gasteiger partial charge in [-0.3, -0.25) is 10.2 Å². The van der Waals surface area contributed by atoms with E-state index in [-0.39, 0.29) is 17.1 Å². The minimum absolute atomic E-state index is 0.00726. The molecule has 0 bridgehead atoms. The average Bonchev–Trinajstić information content (AvgIpc) is 3.25. The molecule has 0 atom stereocenters. The van der Waals surface area contributed by atoms with E-state index in [0.717, 1.165) is 6.07 Å². The monoisotopic (exact) mass is 386 g/mol. The van der Waals surface area contributed by atoms with E-state index in [4.69, 9.17) is 0 Å². The molecule has 4 aromatic rings. The van der Waals surface area contributed by atoms with E-state index in [1.165, 1.54) is 40.0 Å². The largest absolute Gasteiger partial charge is 0.417 e. The lowest BCUT2D eigenvalue weighted by Gasteiger charge is -2.15. The Hall–Kier alpha value is -3.69. The summed E-state index contributed by atoms with van der Waals surface area (Å²) in [6.45, 7) is 0. The van der Waals surface area contributed by atoms with Crippen molar-refractivity contribution in [3.63, 3.8) is 0 Å². The quantitative estimate of drug-likeness (QED) is 0.586. The Labute approximate surface area is 156 Å². The van der Waals surface area contributed by atoms with Crippen molar-refractivity contribution >= 4 is 16.9 Å². The van der Waals surface area contributed by atoms with Gasteiger partial charge in [-0.1, -0.05) is 18.2 Å². The van der Waals surface area contributed by atoms with Crippen LogP contribution >= 0.6 is 0 Å². The van der Waals surface area contributed by atoms with Gasteiger partial charge >= 0.3 is 12.1 Å². The number of rotatable bonds is 3. The maximum Gasteiger partial charge on any atom is 0.417 e. The molecule has 0 aliphatic heterocycles. The van der Waals surface area contributed by atoms with Crippen molar-refractivity contribution in [2.45, 2.75) is 6.18 Å². The fourth-order valence-electron chi connectivity index (χ4n) is 2.94. The molecule has 142 valence electrons. The van der Waals surface area contributed by atoms with Crippen molar-refractivity contribution in [2.75, 3.05) is 5.43 Å². The van der Waals surface area contributed by atoms with Crippen LogP contribution in [0.15, 0.2) is 55.0 Å². The molecule has 3 aromatic heterocycles. The zero-order valence-electron chi connectivity index (χ0n) is 14.5. The van der Waals surface area contributed by atoms with Crippen molar-refractivity contribution < 1.29 is 18.0 Å². The standard InChI is InChI=1S/C18H13F3N6O/c1-26-10-23-24-16(26)17(28)25-27-14(9-11-5-4-8-22-15(11)27)12-6-2-3-7-13(12)18(19,20)21/h2-10H,1H3,(H,25,28). The fraction of sp³-hybridized carbons (Fsp3) is 0.111. The minimum Gasteiger partial charge on any atom is -0.313 e. The molecule has 0 aliphatic carbocycles. The third kappa shape index (κ3) is 2.98. The number of alkyl halides is 3. The number of carbonyl (C=O) groups is 1. The summed E-state index contributed by atoms with van der Waals surface area (Å²) >= 11 is 0. The zero-order chi connectivity index (χ0) is 19.9. The number of aromatic nitrogens is 5. The summed E-state index contributed by atoms with van der Waals surface area (Å²) in [7, 11) is 1.58. The summed E-state index contributed by atoms with van der Waals surface area (Å²) < 4.78 is 43.2. The predicted octanol–water partition coefficient (Wildman–Crippen LogP) is 3.23. The molecule has 1 aromatic carbocycles. The van der Waals surface area contributed by atoms with E-state index in [9.17, 15) is 18.0 Å². The van der Waals surface area contributed by atoms with Crippen LogP contribution in [0.4, 0.5) is 13.2 Å². The van der Waals surface area contributed by atoms with Crippen LogP contribution in [0.5, 0.6) is 0 Å². The summed E-state index contributed by atoms with van der Waals surface area (Å²) in [6.07, 6.45) is -1.72. The molecule has 1 N–H and O–H groups in total. The second-order valence-corrected chi connectivity index (χ2v) is 6.03. The molecule has 1 amide bonds. The second kappa shape index (κ2) is 6.48. The first-order valence-corrected chi connectivity index (χ1v) is 8.14. The van der Waals surface area contributed by atoms with Crippen LogP contribution in [0, 0.1) is 0 Å². The number of aryl methyl sites for hydroxylation is 1. The first kappa shape index (κ1) is 17.7. The number of nitrogens with one attached hydrogen (secondary N) is 1. The van der Waals surface area contributed by atoms with Gasteiger partial charge < -0.3 is 4.57 Å². The van der Waals surface area contributed by atoms with E-state index in [1.54, 1.807) is 25.2 Å². The van der Waals surface area contributed by atoms with Crippen LogP contribution in [0.2, 0.25) is 0 Å². The molecule has 7 nitrogen and oxygen atoms in total. The summed E-state index contributed by atoms with van der Waals surface area (Å²) in [5.74, 6) is -0.623. The van der Waals surface area contributed by atoms with Gasteiger partial charge in [0.2, 0.25) is 5.82 Å². The highest BCUT2D eigenvalue weighted by Gasteiger charge is 2.34. The molecule has 10 heteroatoms. The summed E-state index contributed by atoms with van der Waals surface area (Å²) in [4.78, 5) is 16.8. The van der Waals surface area contributed by atoms with Crippen molar-refractivity contribution in [2.24, 2.45) is 7.05 Å². The summed E-state index contributed by atoms with van der Waals surface area (Å²) in [5.41, 5.74) is 2.15. The fourth-order valence-corrected chi connectivity index (χ4v) is 2.94. The maximum atomic E-state index is 13.5. The predicted molar refractivity (Wildman–Crippen MR) is 94.9 cm³/mol. The van der Waals surface area contributed by atoms with E-state index < -0.39 is 17.6 Å². The lowest BCUT2D eigenvalue weighted by molar-refractivity contribution is -0.137. The molecular formula is C18H13F3N6O. The van der Waals surface area contributed by atoms with Gasteiger partial charge in [-0.15, -0.1) is 10.2 Å². The zero-order valence-corrected chi connectivity index (χ0v) is 14.5. The van der Waals surface area contributed by atoms with E-state index >= 15 is 0 Å². The van der Waals surface area contributed by atoms with Gasteiger partial charge in [-0.2, -0.15) is 13.2 Å². The van der Waals surface area contributed by atoms with E-state index in [0.29, 0.717) is 11.0 Å². The number of hydrogen-bond acceptors (Lipinski definition) is 4. The van der Waals surface area contributed by atoms with Gasteiger partial charge in [0.1, 0.15) is 6.33 Å². The molecule has 0 saturated carbocycles. The molecule has 0 spiro atoms. The van der Waals surface area contributed by atoms with Crippen molar-refractivity contribution in [3.8, 4) is 11.3 Å². The SMILES string of the molecule is Cn1cnnc1C(=O)Nn1c(-c2ccccc2C(F)(F)F)cc2cccnc21. The Balaban J connectivity index is 1.90. The van der Waals surface area contributed by atoms with Gasteiger partial charge in [0, 0.05) is 24.2 Å². The first-order valence-electron chi connectivity index (χ1n) is 8.14. The van der Waals surface area contributed by atoms with Gasteiger partial charge in [-0.05, 0) is 24.3 Å². The highest BCUT2D eigenvalue weighted by atomic mass is 19.4. The second-order valence-electron chi connectivity index (χ2n) is 6.03. The minimum atomic E-state index is -4.56. The number of benzene rings is 1. The number of pyridine rings is 1. The number of carbonyl (C=O) groups excluding carboxylic acids is 1. The number of halogens is 3. The summed E-state index contributed by atoms with van der Waals surface area (Å²) in [6, 6.07) is 10.1. The highest BCUT2D eigenvalue weighted by molar-refractivity contribution is 5.99. The van der Waals surface area contributed by atoms with Crippen molar-refractivity contribution in [1.82, 2.24) is 24.4 Å². The van der Waals surface area contributed by atoms with Crippen LogP contribution in [0.25, 0.3) is 22.3 Å². The molecular weight excluding hydrogens is 373 g/mol. The van der Waals surface area contributed by atoms with Gasteiger partial charge in [0.15, 0.2) is 5.65 Å². The highest BCUT2D eigenvalue weighted by Crippen LogP contribution is 2.38. The lowest BCUT2D eigenvalue weighted by atomic mass is 10.0. The normalized spacial score (nSPS) is 11.7. The Morgan fingerprint density at radius 1 is 1.14 bits per heavy atom. The van der Waals surface area contributed by atoms with Gasteiger partial charge in [0.05, 0.1) is 11.3 Å². The number of fused-ring (bicyclic) bond motifs is 1. The average molecular weight is 386 g/mol. The van der Waals surface area contributed by atoms with Crippen molar-refractivity contribution in [1.29, 1.82) is 0 Å². The number of hydrogen-bond donors (Lipinski definition) is 1. The Morgan fingerprint density at radius 2 is 1.93 bits per heavy atom. The molecule has 0 radical (unpaired) electrons. The van der Waals surface area contributed by atoms with Crippen LogP contribution < -0.4 is 5.43 Å². The van der Waals surface area contributed by atoms with Gasteiger partial charge in [-0.25, -0.2) is 9.66 Å². The molecule has 4 rings (SSSR count). The van der Waals surface area contributed by atoms with E-state index in [2.05, 4.69) is 20.6 Å². The van der Waals surface area contributed by atoms with Crippen LogP contribution in [0.1, 0.15) is 16.2 Å². The summed E-state index contributed by atoms with van der Waals surface area (Å²) in [5, 5.41) is 7.94. The number of nitrogens with zero attached hydrogens (tertiary/aromatic N) is 5. The Kier molecular flexibility index (Phi) is 4.10. The van der Waals surface area contributed by atoms with Crippen LogP contribution in [-0.2, 0) is 13.2 Å². The first-order chi connectivity index (χ1) is 13.4. The molecule has 0 fully saturated rings. The topological polar surface area (TPSA) is 77.6 Å². The van der Waals surface area contributed by atoms with E-state index in [1.807, 2.05) is 0 Å². The lowest BCUT2D eigenvalue weighted by Crippen LogP contribution is -2.26. The molecule has 0 aliphatic rings. The Bertz CT molecular complexity index is 1180. The molecule has 0 unspecified atom stereocenters. The van der Waals surface area contributed by atoms with Crippen LogP contribution in [0.3, 0.4) is 0 Å².